The Morgan fingerprint density at radius 3 is 1.94 bits per heavy atom. The summed E-state index contributed by atoms with van der Waals surface area (Å²) in [5, 5.41) is 53.0. The van der Waals surface area contributed by atoms with Gasteiger partial charge < -0.3 is 47.2 Å². The van der Waals surface area contributed by atoms with E-state index < -0.39 is 67.2 Å². The van der Waals surface area contributed by atoms with E-state index in [-0.39, 0.29) is 12.2 Å². The number of aromatic hydroxyl groups is 1. The van der Waals surface area contributed by atoms with Gasteiger partial charge in [0.15, 0.2) is 0 Å². The summed E-state index contributed by atoms with van der Waals surface area (Å²) in [6.07, 6.45) is -1.56. The van der Waals surface area contributed by atoms with Gasteiger partial charge in [-0.25, -0.2) is 4.79 Å². The molecule has 0 fully saturated rings. The molecule has 178 valence electrons. The van der Waals surface area contributed by atoms with E-state index in [1.165, 1.54) is 31.2 Å². The lowest BCUT2D eigenvalue weighted by atomic mass is 10.0. The van der Waals surface area contributed by atoms with Crippen LogP contribution in [0.1, 0.15) is 12.5 Å². The van der Waals surface area contributed by atoms with E-state index in [9.17, 15) is 29.4 Å². The number of aliphatic hydroxyl groups excluding tert-OH is 3. The molecule has 5 unspecified atom stereocenters. The SMILES string of the molecule is CC(O)C(NC(=O)C(N)CO)C(=O)NC(Cc1ccc(O)cc1)C(=O)NC(CO)C(=O)O. The standard InChI is InChI=1S/C19H28N4O9/c1-9(26)15(23-16(28)12(20)7-24)18(30)21-13(6-10-2-4-11(27)5-3-10)17(29)22-14(8-25)19(31)32/h2-5,9,12-15,24-27H,6-8,20H2,1H3,(H,21,30)(H,22,29)(H,23,28)(H,31,32). The van der Waals surface area contributed by atoms with E-state index in [0.29, 0.717) is 5.56 Å². The number of phenolic OH excluding ortho intramolecular Hbond substituents is 1. The number of carboxylic acid groups (broad SMARTS) is 1. The van der Waals surface area contributed by atoms with Gasteiger partial charge in [0, 0.05) is 6.42 Å². The Kier molecular flexibility index (Phi) is 10.5. The molecule has 1 aromatic carbocycles. The van der Waals surface area contributed by atoms with Gasteiger partial charge in [-0.15, -0.1) is 0 Å². The van der Waals surface area contributed by atoms with Gasteiger partial charge in [-0.05, 0) is 24.6 Å². The van der Waals surface area contributed by atoms with E-state index in [1.807, 2.05) is 0 Å². The van der Waals surface area contributed by atoms with Crippen LogP contribution in [0.25, 0.3) is 0 Å². The number of carboxylic acids is 1. The Morgan fingerprint density at radius 1 is 0.906 bits per heavy atom. The summed E-state index contributed by atoms with van der Waals surface area (Å²) >= 11 is 0. The molecule has 1 rings (SSSR count). The smallest absolute Gasteiger partial charge is 0.328 e. The van der Waals surface area contributed by atoms with Crippen molar-refractivity contribution < 1.29 is 44.7 Å². The first-order valence-corrected chi connectivity index (χ1v) is 9.57. The fraction of sp³-hybridized carbons (Fsp3) is 0.474. The number of amides is 3. The van der Waals surface area contributed by atoms with Gasteiger partial charge in [0.2, 0.25) is 17.7 Å². The topological polar surface area (TPSA) is 232 Å². The van der Waals surface area contributed by atoms with Gasteiger partial charge in [0.05, 0.1) is 19.3 Å². The molecule has 3 amide bonds. The molecule has 10 N–H and O–H groups in total. The Labute approximate surface area is 183 Å². The number of benzene rings is 1. The highest BCUT2D eigenvalue weighted by Gasteiger charge is 2.32. The maximum Gasteiger partial charge on any atom is 0.328 e. The van der Waals surface area contributed by atoms with Crippen LogP contribution in [0.5, 0.6) is 5.75 Å². The van der Waals surface area contributed by atoms with E-state index >= 15 is 0 Å². The highest BCUT2D eigenvalue weighted by molar-refractivity contribution is 5.94. The number of aliphatic carboxylic acids is 1. The van der Waals surface area contributed by atoms with Crippen molar-refractivity contribution in [2.75, 3.05) is 13.2 Å². The molecule has 0 aromatic heterocycles. The van der Waals surface area contributed by atoms with Crippen LogP contribution < -0.4 is 21.7 Å². The number of phenols is 1. The van der Waals surface area contributed by atoms with Crippen molar-refractivity contribution in [2.45, 2.75) is 43.6 Å². The van der Waals surface area contributed by atoms with Crippen molar-refractivity contribution in [3.05, 3.63) is 29.8 Å². The van der Waals surface area contributed by atoms with Gasteiger partial charge in [-0.3, -0.25) is 14.4 Å². The first-order valence-electron chi connectivity index (χ1n) is 9.57. The predicted molar refractivity (Wildman–Crippen MR) is 109 cm³/mol. The van der Waals surface area contributed by atoms with Crippen LogP contribution in [-0.2, 0) is 25.6 Å². The van der Waals surface area contributed by atoms with Crippen molar-refractivity contribution in [3.63, 3.8) is 0 Å². The first kappa shape index (κ1) is 26.8. The van der Waals surface area contributed by atoms with Gasteiger partial charge in [0.1, 0.15) is 29.9 Å². The number of hydrogen-bond acceptors (Lipinski definition) is 9. The number of hydrogen-bond donors (Lipinski definition) is 9. The number of nitrogens with two attached hydrogens (primary N) is 1. The van der Waals surface area contributed by atoms with Crippen molar-refractivity contribution >= 4 is 23.7 Å². The normalized spacial score (nSPS) is 15.5. The van der Waals surface area contributed by atoms with Crippen LogP contribution >= 0.6 is 0 Å². The molecule has 13 heteroatoms. The van der Waals surface area contributed by atoms with Crippen molar-refractivity contribution in [2.24, 2.45) is 5.73 Å². The minimum absolute atomic E-state index is 0.0397. The van der Waals surface area contributed by atoms with Crippen molar-refractivity contribution in [1.29, 1.82) is 0 Å². The molecule has 5 atom stereocenters. The second-order valence-electron chi connectivity index (χ2n) is 7.03. The molecule has 0 bridgehead atoms. The van der Waals surface area contributed by atoms with Gasteiger partial charge >= 0.3 is 5.97 Å². The quantitative estimate of drug-likeness (QED) is 0.149. The molecule has 0 saturated carbocycles. The number of carbonyl (C=O) groups is 4. The zero-order chi connectivity index (χ0) is 24.4. The lowest BCUT2D eigenvalue weighted by molar-refractivity contribution is -0.143. The van der Waals surface area contributed by atoms with Crippen LogP contribution in [-0.4, -0.2) is 92.7 Å². The second-order valence-corrected chi connectivity index (χ2v) is 7.03. The summed E-state index contributed by atoms with van der Waals surface area (Å²) in [5.41, 5.74) is 5.87. The van der Waals surface area contributed by atoms with Crippen LogP contribution in [0.2, 0.25) is 0 Å². The van der Waals surface area contributed by atoms with E-state index in [0.717, 1.165) is 0 Å². The number of aliphatic hydroxyl groups is 3. The average Bonchev–Trinajstić information content (AvgIpc) is 2.75. The second kappa shape index (κ2) is 12.6. The molecule has 0 aliphatic heterocycles. The van der Waals surface area contributed by atoms with E-state index in [1.54, 1.807) is 0 Å². The number of carbonyl (C=O) groups excluding carboxylic acids is 3. The van der Waals surface area contributed by atoms with Gasteiger partial charge in [-0.1, -0.05) is 12.1 Å². The minimum atomic E-state index is -1.63. The Morgan fingerprint density at radius 2 is 1.47 bits per heavy atom. The zero-order valence-corrected chi connectivity index (χ0v) is 17.3. The molecule has 32 heavy (non-hydrogen) atoms. The summed E-state index contributed by atoms with van der Waals surface area (Å²) in [6.45, 7) is -0.397. The highest BCUT2D eigenvalue weighted by atomic mass is 16.4. The Bertz CT molecular complexity index is 800. The molecule has 0 spiro atoms. The third-order valence-corrected chi connectivity index (χ3v) is 4.40. The van der Waals surface area contributed by atoms with Gasteiger partial charge in [-0.2, -0.15) is 0 Å². The summed E-state index contributed by atoms with van der Waals surface area (Å²) in [7, 11) is 0. The maximum absolute atomic E-state index is 12.7. The maximum atomic E-state index is 12.7. The molecule has 0 heterocycles. The Hall–Kier alpha value is -3.26. The lowest BCUT2D eigenvalue weighted by Gasteiger charge is -2.26. The number of nitrogens with one attached hydrogen (secondary N) is 3. The Balaban J connectivity index is 3.08. The van der Waals surface area contributed by atoms with E-state index in [4.69, 9.17) is 21.1 Å². The van der Waals surface area contributed by atoms with Crippen LogP contribution in [0.3, 0.4) is 0 Å². The summed E-state index contributed by atoms with van der Waals surface area (Å²) in [4.78, 5) is 48.4. The monoisotopic (exact) mass is 456 g/mol. The molecule has 0 saturated heterocycles. The lowest BCUT2D eigenvalue weighted by Crippen LogP contribution is -2.60. The van der Waals surface area contributed by atoms with Crippen LogP contribution in [0.4, 0.5) is 0 Å². The molecule has 0 aliphatic carbocycles. The van der Waals surface area contributed by atoms with Crippen LogP contribution in [0, 0.1) is 0 Å². The molecule has 0 radical (unpaired) electrons. The molecule has 13 nitrogen and oxygen atoms in total. The summed E-state index contributed by atoms with van der Waals surface area (Å²) in [5.74, 6) is -4.38. The molecule has 0 aliphatic rings. The molecular weight excluding hydrogens is 428 g/mol. The predicted octanol–water partition coefficient (Wildman–Crippen LogP) is -3.83. The number of rotatable bonds is 12. The van der Waals surface area contributed by atoms with E-state index in [2.05, 4.69) is 16.0 Å². The summed E-state index contributed by atoms with van der Waals surface area (Å²) in [6, 6.07) is -0.261. The third kappa shape index (κ3) is 8.11. The van der Waals surface area contributed by atoms with Gasteiger partial charge in [0.25, 0.3) is 0 Å². The highest BCUT2D eigenvalue weighted by Crippen LogP contribution is 2.12. The largest absolute Gasteiger partial charge is 0.508 e. The van der Waals surface area contributed by atoms with Crippen LogP contribution in [0.15, 0.2) is 24.3 Å². The average molecular weight is 456 g/mol. The zero-order valence-electron chi connectivity index (χ0n) is 17.3. The molecule has 1 aromatic rings. The first-order chi connectivity index (χ1) is 15.0. The fourth-order valence-corrected chi connectivity index (χ4v) is 2.54. The van der Waals surface area contributed by atoms with Crippen molar-refractivity contribution in [3.8, 4) is 5.75 Å². The van der Waals surface area contributed by atoms with Crippen molar-refractivity contribution in [1.82, 2.24) is 16.0 Å². The minimum Gasteiger partial charge on any atom is -0.508 e. The summed E-state index contributed by atoms with van der Waals surface area (Å²) < 4.78 is 0. The fourth-order valence-electron chi connectivity index (χ4n) is 2.54. The molecular formula is C19H28N4O9. The third-order valence-electron chi connectivity index (χ3n) is 4.40.